The number of carbonyl (C=O) groups is 1. The van der Waals surface area contributed by atoms with E-state index in [4.69, 9.17) is 9.47 Å². The summed E-state index contributed by atoms with van der Waals surface area (Å²) in [6.07, 6.45) is 7.07. The standard InChI is InChI=1S/C17H19N3O3/c1-3-20-11-14(9-18-20)10-19(2)17(21)7-5-13-4-6-15-16(8-13)23-12-22-15/h4-9,11H,3,10,12H2,1-2H3. The van der Waals surface area contributed by atoms with Gasteiger partial charge >= 0.3 is 0 Å². The molecule has 0 fully saturated rings. The van der Waals surface area contributed by atoms with Crippen molar-refractivity contribution in [3.8, 4) is 11.5 Å². The summed E-state index contributed by atoms with van der Waals surface area (Å²) in [4.78, 5) is 13.8. The second kappa shape index (κ2) is 6.56. The molecule has 1 aromatic carbocycles. The number of benzene rings is 1. The lowest BCUT2D eigenvalue weighted by molar-refractivity contribution is -0.125. The predicted molar refractivity (Wildman–Crippen MR) is 86.0 cm³/mol. The molecule has 1 aliphatic heterocycles. The molecule has 120 valence electrons. The molecular formula is C17H19N3O3. The lowest BCUT2D eigenvalue weighted by atomic mass is 10.2. The van der Waals surface area contributed by atoms with Crippen LogP contribution in [0.1, 0.15) is 18.1 Å². The molecule has 6 heteroatoms. The average molecular weight is 313 g/mol. The molecule has 0 bridgehead atoms. The largest absolute Gasteiger partial charge is 0.454 e. The van der Waals surface area contributed by atoms with Gasteiger partial charge in [0.25, 0.3) is 0 Å². The van der Waals surface area contributed by atoms with Crippen molar-refractivity contribution in [2.24, 2.45) is 0 Å². The second-order valence-electron chi connectivity index (χ2n) is 5.34. The third-order valence-electron chi connectivity index (χ3n) is 3.62. The molecule has 0 radical (unpaired) electrons. The van der Waals surface area contributed by atoms with Gasteiger partial charge in [-0.2, -0.15) is 5.10 Å². The van der Waals surface area contributed by atoms with Gasteiger partial charge in [0.15, 0.2) is 11.5 Å². The highest BCUT2D eigenvalue weighted by atomic mass is 16.7. The Hall–Kier alpha value is -2.76. The van der Waals surface area contributed by atoms with Gasteiger partial charge in [0.1, 0.15) is 0 Å². The number of aromatic nitrogens is 2. The Balaban J connectivity index is 1.61. The van der Waals surface area contributed by atoms with Gasteiger partial charge in [-0.05, 0) is 30.7 Å². The Morgan fingerprint density at radius 2 is 2.22 bits per heavy atom. The van der Waals surface area contributed by atoms with Crippen LogP contribution in [0.25, 0.3) is 6.08 Å². The predicted octanol–water partition coefficient (Wildman–Crippen LogP) is 2.30. The van der Waals surface area contributed by atoms with Crippen LogP contribution in [0.2, 0.25) is 0 Å². The van der Waals surface area contributed by atoms with E-state index in [0.717, 1.165) is 23.4 Å². The smallest absolute Gasteiger partial charge is 0.246 e. The molecular weight excluding hydrogens is 294 g/mol. The lowest BCUT2D eigenvalue weighted by Gasteiger charge is -2.13. The third kappa shape index (κ3) is 3.53. The normalized spacial score (nSPS) is 12.8. The lowest BCUT2D eigenvalue weighted by Crippen LogP contribution is -2.23. The van der Waals surface area contributed by atoms with E-state index in [2.05, 4.69) is 5.10 Å². The van der Waals surface area contributed by atoms with E-state index >= 15 is 0 Å². The van der Waals surface area contributed by atoms with E-state index in [1.165, 1.54) is 0 Å². The highest BCUT2D eigenvalue weighted by Crippen LogP contribution is 2.32. The van der Waals surface area contributed by atoms with Gasteiger partial charge in [-0.1, -0.05) is 6.07 Å². The molecule has 0 unspecified atom stereocenters. The maximum atomic E-state index is 12.2. The van der Waals surface area contributed by atoms with Crippen LogP contribution in [0.5, 0.6) is 11.5 Å². The molecule has 2 aromatic rings. The summed E-state index contributed by atoms with van der Waals surface area (Å²) in [7, 11) is 1.77. The topological polar surface area (TPSA) is 56.6 Å². The molecule has 23 heavy (non-hydrogen) atoms. The summed E-state index contributed by atoms with van der Waals surface area (Å²) < 4.78 is 12.4. The number of carbonyl (C=O) groups excluding carboxylic acids is 1. The van der Waals surface area contributed by atoms with Crippen LogP contribution in [-0.4, -0.2) is 34.4 Å². The van der Waals surface area contributed by atoms with Gasteiger partial charge in [0, 0.05) is 38.0 Å². The van der Waals surface area contributed by atoms with Crippen LogP contribution in [0.4, 0.5) is 0 Å². The zero-order valence-electron chi connectivity index (χ0n) is 13.2. The monoisotopic (exact) mass is 313 g/mol. The van der Waals surface area contributed by atoms with Gasteiger partial charge in [-0.15, -0.1) is 0 Å². The van der Waals surface area contributed by atoms with Gasteiger partial charge < -0.3 is 14.4 Å². The Morgan fingerprint density at radius 3 is 3.00 bits per heavy atom. The number of likely N-dealkylation sites (N-methyl/N-ethyl adjacent to an activating group) is 1. The van der Waals surface area contributed by atoms with Crippen LogP contribution in [0, 0.1) is 0 Å². The van der Waals surface area contributed by atoms with Crippen LogP contribution in [0.15, 0.2) is 36.7 Å². The van der Waals surface area contributed by atoms with Crippen LogP contribution in [-0.2, 0) is 17.9 Å². The number of amides is 1. The quantitative estimate of drug-likeness (QED) is 0.795. The van der Waals surface area contributed by atoms with Crippen molar-refractivity contribution in [1.29, 1.82) is 0 Å². The first kappa shape index (κ1) is 15.1. The van der Waals surface area contributed by atoms with E-state index in [1.807, 2.05) is 36.0 Å². The molecule has 0 N–H and O–H groups in total. The van der Waals surface area contributed by atoms with Crippen molar-refractivity contribution in [2.75, 3.05) is 13.8 Å². The molecule has 6 nitrogen and oxygen atoms in total. The average Bonchev–Trinajstić information content (AvgIpc) is 3.20. The summed E-state index contributed by atoms with van der Waals surface area (Å²) >= 11 is 0. The van der Waals surface area contributed by atoms with Crippen molar-refractivity contribution < 1.29 is 14.3 Å². The van der Waals surface area contributed by atoms with Gasteiger partial charge in [-0.25, -0.2) is 0 Å². The number of nitrogens with zero attached hydrogens (tertiary/aromatic N) is 3. The molecule has 0 aliphatic carbocycles. The number of aryl methyl sites for hydroxylation is 1. The number of hydrogen-bond donors (Lipinski definition) is 0. The Bertz CT molecular complexity index is 736. The minimum atomic E-state index is -0.0630. The molecule has 1 aliphatic rings. The summed E-state index contributed by atoms with van der Waals surface area (Å²) in [5.74, 6) is 1.38. The van der Waals surface area contributed by atoms with Crippen molar-refractivity contribution >= 4 is 12.0 Å². The van der Waals surface area contributed by atoms with Crippen LogP contribution >= 0.6 is 0 Å². The number of rotatable bonds is 5. The van der Waals surface area contributed by atoms with E-state index < -0.39 is 0 Å². The van der Waals surface area contributed by atoms with E-state index in [0.29, 0.717) is 12.3 Å². The molecule has 0 spiro atoms. The number of hydrogen-bond acceptors (Lipinski definition) is 4. The van der Waals surface area contributed by atoms with Crippen molar-refractivity contribution in [1.82, 2.24) is 14.7 Å². The molecule has 1 aromatic heterocycles. The van der Waals surface area contributed by atoms with Crippen LogP contribution < -0.4 is 9.47 Å². The Kier molecular flexibility index (Phi) is 4.32. The maximum Gasteiger partial charge on any atom is 0.246 e. The fraction of sp³-hybridized carbons (Fsp3) is 0.294. The molecule has 0 saturated carbocycles. The molecule has 2 heterocycles. The zero-order chi connectivity index (χ0) is 16.2. The van der Waals surface area contributed by atoms with E-state index in [-0.39, 0.29) is 12.7 Å². The maximum absolute atomic E-state index is 12.2. The highest BCUT2D eigenvalue weighted by Gasteiger charge is 2.12. The van der Waals surface area contributed by atoms with Crippen molar-refractivity contribution in [3.05, 3.63) is 47.8 Å². The first-order valence-electron chi connectivity index (χ1n) is 7.50. The van der Waals surface area contributed by atoms with E-state index in [1.54, 1.807) is 30.3 Å². The third-order valence-corrected chi connectivity index (χ3v) is 3.62. The molecule has 1 amide bonds. The highest BCUT2D eigenvalue weighted by molar-refractivity contribution is 5.91. The fourth-order valence-electron chi connectivity index (χ4n) is 2.32. The second-order valence-corrected chi connectivity index (χ2v) is 5.34. The van der Waals surface area contributed by atoms with Crippen molar-refractivity contribution in [2.45, 2.75) is 20.0 Å². The summed E-state index contributed by atoms with van der Waals surface area (Å²) in [6, 6.07) is 5.59. The van der Waals surface area contributed by atoms with Crippen molar-refractivity contribution in [3.63, 3.8) is 0 Å². The summed E-state index contributed by atoms with van der Waals surface area (Å²) in [5.41, 5.74) is 1.91. The fourth-order valence-corrected chi connectivity index (χ4v) is 2.32. The van der Waals surface area contributed by atoms with Gasteiger partial charge in [0.05, 0.1) is 6.20 Å². The first-order chi connectivity index (χ1) is 11.2. The summed E-state index contributed by atoms with van der Waals surface area (Å²) in [6.45, 7) is 3.63. The van der Waals surface area contributed by atoms with E-state index in [9.17, 15) is 4.79 Å². The van der Waals surface area contributed by atoms with Gasteiger partial charge in [-0.3, -0.25) is 9.48 Å². The minimum Gasteiger partial charge on any atom is -0.454 e. The number of fused-ring (bicyclic) bond motifs is 1. The Labute approximate surface area is 134 Å². The van der Waals surface area contributed by atoms with Gasteiger partial charge in [0.2, 0.25) is 12.7 Å². The first-order valence-corrected chi connectivity index (χ1v) is 7.50. The van der Waals surface area contributed by atoms with Crippen LogP contribution in [0.3, 0.4) is 0 Å². The number of ether oxygens (including phenoxy) is 2. The SMILES string of the molecule is CCn1cc(CN(C)C(=O)C=Cc2ccc3c(c2)OCO3)cn1. The Morgan fingerprint density at radius 1 is 1.39 bits per heavy atom. The zero-order valence-corrected chi connectivity index (χ0v) is 13.2. The molecule has 3 rings (SSSR count). The summed E-state index contributed by atoms with van der Waals surface area (Å²) in [5, 5.41) is 4.21. The minimum absolute atomic E-state index is 0.0630. The molecule has 0 atom stereocenters. The molecule has 0 saturated heterocycles.